The van der Waals surface area contributed by atoms with Crippen molar-refractivity contribution in [2.45, 2.75) is 13.8 Å². The van der Waals surface area contributed by atoms with Crippen molar-refractivity contribution in [1.82, 2.24) is 15.0 Å². The van der Waals surface area contributed by atoms with Crippen LogP contribution in [0.25, 0.3) is 21.3 Å². The number of thiazole rings is 1. The Morgan fingerprint density at radius 2 is 1.87 bits per heavy atom. The second-order valence-electron chi connectivity index (χ2n) is 5.52. The van der Waals surface area contributed by atoms with Gasteiger partial charge in [-0.3, -0.25) is 0 Å². The summed E-state index contributed by atoms with van der Waals surface area (Å²) >= 11 is 1.58. The predicted octanol–water partition coefficient (Wildman–Crippen LogP) is 4.54. The molecule has 0 radical (unpaired) electrons. The lowest BCUT2D eigenvalue weighted by Crippen LogP contribution is -1.90. The number of hydrogen-bond acceptors (Lipinski definition) is 5. The van der Waals surface area contributed by atoms with Crippen LogP contribution in [0.1, 0.15) is 11.1 Å². The first-order valence-corrected chi connectivity index (χ1v) is 8.12. The van der Waals surface area contributed by atoms with Gasteiger partial charge >= 0.3 is 0 Å². The number of ether oxygens (including phenoxy) is 1. The molecule has 0 atom stereocenters. The van der Waals surface area contributed by atoms with E-state index in [0.29, 0.717) is 5.95 Å². The van der Waals surface area contributed by atoms with Crippen LogP contribution in [0.5, 0.6) is 5.75 Å². The van der Waals surface area contributed by atoms with Gasteiger partial charge in [-0.1, -0.05) is 11.3 Å². The molecule has 0 aliphatic carbocycles. The van der Waals surface area contributed by atoms with E-state index in [-0.39, 0.29) is 0 Å². The van der Waals surface area contributed by atoms with E-state index in [4.69, 9.17) is 4.74 Å². The maximum absolute atomic E-state index is 5.25. The van der Waals surface area contributed by atoms with Crippen molar-refractivity contribution >= 4 is 43.7 Å². The number of aryl methyl sites for hydroxylation is 2. The molecule has 2 aromatic carbocycles. The van der Waals surface area contributed by atoms with E-state index in [2.05, 4.69) is 46.2 Å². The largest absolute Gasteiger partial charge is 0.497 e. The molecule has 0 aliphatic heterocycles. The lowest BCUT2D eigenvalue weighted by molar-refractivity contribution is 0.415. The molecule has 5 nitrogen and oxygen atoms in total. The molecule has 116 valence electrons. The average Bonchev–Trinajstić information content (AvgIpc) is 3.09. The lowest BCUT2D eigenvalue weighted by Gasteiger charge is -1.97. The van der Waals surface area contributed by atoms with E-state index in [1.54, 1.807) is 18.4 Å². The number of anilines is 2. The maximum Gasteiger partial charge on any atom is 0.207 e. The molecule has 0 saturated heterocycles. The Labute approximate surface area is 137 Å². The topological polar surface area (TPSA) is 62.8 Å². The number of methoxy groups -OCH3 is 1. The number of fused-ring (bicyclic) bond motifs is 2. The van der Waals surface area contributed by atoms with Gasteiger partial charge in [0.25, 0.3) is 0 Å². The minimum atomic E-state index is 0.705. The minimum Gasteiger partial charge on any atom is -0.497 e. The fourth-order valence-corrected chi connectivity index (χ4v) is 3.41. The minimum absolute atomic E-state index is 0.705. The zero-order valence-corrected chi connectivity index (χ0v) is 13.9. The van der Waals surface area contributed by atoms with E-state index in [0.717, 1.165) is 32.1 Å². The Kier molecular flexibility index (Phi) is 3.20. The summed E-state index contributed by atoms with van der Waals surface area (Å²) < 4.78 is 6.33. The van der Waals surface area contributed by atoms with E-state index in [9.17, 15) is 0 Å². The molecule has 0 unspecified atom stereocenters. The Bertz CT molecular complexity index is 979. The Hall–Kier alpha value is -2.60. The van der Waals surface area contributed by atoms with Crippen molar-refractivity contribution in [1.29, 1.82) is 0 Å². The van der Waals surface area contributed by atoms with Crippen LogP contribution in [-0.2, 0) is 0 Å². The summed E-state index contributed by atoms with van der Waals surface area (Å²) in [5.41, 5.74) is 5.42. The molecule has 2 N–H and O–H groups in total. The lowest BCUT2D eigenvalue weighted by atomic mass is 10.1. The van der Waals surface area contributed by atoms with Crippen molar-refractivity contribution in [2.24, 2.45) is 0 Å². The number of rotatable bonds is 3. The van der Waals surface area contributed by atoms with Crippen LogP contribution >= 0.6 is 11.3 Å². The number of nitrogens with zero attached hydrogens (tertiary/aromatic N) is 2. The van der Waals surface area contributed by atoms with Crippen LogP contribution in [-0.4, -0.2) is 22.1 Å². The highest BCUT2D eigenvalue weighted by molar-refractivity contribution is 7.22. The molecule has 0 saturated carbocycles. The van der Waals surface area contributed by atoms with E-state index < -0.39 is 0 Å². The van der Waals surface area contributed by atoms with Crippen LogP contribution in [0.2, 0.25) is 0 Å². The maximum atomic E-state index is 5.25. The zero-order chi connectivity index (χ0) is 16.0. The summed E-state index contributed by atoms with van der Waals surface area (Å²) in [7, 11) is 1.67. The van der Waals surface area contributed by atoms with Crippen molar-refractivity contribution in [2.75, 3.05) is 12.4 Å². The SMILES string of the molecule is COc1ccc2nc(Nc3nc4cc(C)c(C)cc4[nH]3)sc2c1. The van der Waals surface area contributed by atoms with Gasteiger partial charge in [-0.15, -0.1) is 0 Å². The Morgan fingerprint density at radius 3 is 2.70 bits per heavy atom. The molecule has 2 aromatic heterocycles. The summed E-state index contributed by atoms with van der Waals surface area (Å²) in [6.45, 7) is 4.20. The van der Waals surface area contributed by atoms with Gasteiger partial charge in [0.1, 0.15) is 5.75 Å². The molecule has 0 spiro atoms. The summed E-state index contributed by atoms with van der Waals surface area (Å²) in [5.74, 6) is 1.54. The highest BCUT2D eigenvalue weighted by atomic mass is 32.1. The van der Waals surface area contributed by atoms with Gasteiger partial charge in [-0.2, -0.15) is 0 Å². The Morgan fingerprint density at radius 1 is 1.04 bits per heavy atom. The second-order valence-corrected chi connectivity index (χ2v) is 6.55. The third-order valence-electron chi connectivity index (χ3n) is 3.92. The first kappa shape index (κ1) is 14.0. The van der Waals surface area contributed by atoms with E-state index in [1.807, 2.05) is 18.2 Å². The number of aromatic amines is 1. The smallest absolute Gasteiger partial charge is 0.207 e. The molecule has 2 heterocycles. The number of aromatic nitrogens is 3. The summed E-state index contributed by atoms with van der Waals surface area (Å²) in [4.78, 5) is 12.5. The molecule has 6 heteroatoms. The van der Waals surface area contributed by atoms with Crippen LogP contribution in [0, 0.1) is 13.8 Å². The summed E-state index contributed by atoms with van der Waals surface area (Å²) in [5, 5.41) is 4.07. The first-order chi connectivity index (χ1) is 11.1. The number of nitrogens with one attached hydrogen (secondary N) is 2. The Balaban J connectivity index is 1.69. The van der Waals surface area contributed by atoms with Gasteiger partial charge in [0.05, 0.1) is 28.4 Å². The number of benzene rings is 2. The van der Waals surface area contributed by atoms with Crippen LogP contribution in [0.4, 0.5) is 11.1 Å². The van der Waals surface area contributed by atoms with Crippen molar-refractivity contribution < 1.29 is 4.74 Å². The highest BCUT2D eigenvalue weighted by Gasteiger charge is 2.09. The monoisotopic (exact) mass is 324 g/mol. The van der Waals surface area contributed by atoms with Gasteiger partial charge in [-0.25, -0.2) is 9.97 Å². The average molecular weight is 324 g/mol. The molecule has 0 aliphatic rings. The van der Waals surface area contributed by atoms with Gasteiger partial charge < -0.3 is 15.0 Å². The number of hydrogen-bond donors (Lipinski definition) is 2. The molecule has 0 bridgehead atoms. The fourth-order valence-electron chi connectivity index (χ4n) is 2.52. The van der Waals surface area contributed by atoms with Crippen LogP contribution < -0.4 is 10.1 Å². The molecular formula is C17H16N4OS. The van der Waals surface area contributed by atoms with E-state index >= 15 is 0 Å². The summed E-state index contributed by atoms with van der Waals surface area (Å²) in [6, 6.07) is 10.1. The van der Waals surface area contributed by atoms with E-state index in [1.165, 1.54) is 11.1 Å². The third-order valence-corrected chi connectivity index (χ3v) is 4.85. The zero-order valence-electron chi connectivity index (χ0n) is 13.1. The quantitative estimate of drug-likeness (QED) is 0.581. The predicted molar refractivity (Wildman–Crippen MR) is 95.0 cm³/mol. The third kappa shape index (κ3) is 2.51. The number of imidazole rings is 1. The second kappa shape index (κ2) is 5.24. The normalized spacial score (nSPS) is 11.3. The number of H-pyrrole nitrogens is 1. The van der Waals surface area contributed by atoms with Crippen molar-refractivity contribution in [3.8, 4) is 5.75 Å². The van der Waals surface area contributed by atoms with Crippen LogP contribution in [0.3, 0.4) is 0 Å². The molecule has 23 heavy (non-hydrogen) atoms. The highest BCUT2D eigenvalue weighted by Crippen LogP contribution is 2.31. The van der Waals surface area contributed by atoms with Gasteiger partial charge in [-0.05, 0) is 55.3 Å². The van der Waals surface area contributed by atoms with Gasteiger partial charge in [0.15, 0.2) is 5.13 Å². The molecular weight excluding hydrogens is 308 g/mol. The standard InChI is InChI=1S/C17H16N4OS/c1-9-6-13-14(7-10(9)2)19-16(18-13)21-17-20-12-5-4-11(22-3)8-15(12)23-17/h4-8H,1-3H3,(H2,18,19,20,21). The first-order valence-electron chi connectivity index (χ1n) is 7.31. The molecule has 0 amide bonds. The summed E-state index contributed by atoms with van der Waals surface area (Å²) in [6.07, 6.45) is 0. The molecule has 0 fully saturated rings. The van der Waals surface area contributed by atoms with Gasteiger partial charge in [0.2, 0.25) is 5.95 Å². The van der Waals surface area contributed by atoms with Crippen LogP contribution in [0.15, 0.2) is 30.3 Å². The van der Waals surface area contributed by atoms with Gasteiger partial charge in [0, 0.05) is 0 Å². The molecule has 4 aromatic rings. The molecule has 4 rings (SSSR count). The van der Waals surface area contributed by atoms with Crippen molar-refractivity contribution in [3.05, 3.63) is 41.5 Å². The van der Waals surface area contributed by atoms with Crippen molar-refractivity contribution in [3.63, 3.8) is 0 Å². The fraction of sp³-hybridized carbons (Fsp3) is 0.176.